The second-order valence-corrected chi connectivity index (χ2v) is 6.50. The molecular weight excluding hydrogens is 346 g/mol. The first-order valence-corrected chi connectivity index (χ1v) is 8.76. The quantitative estimate of drug-likeness (QED) is 0.756. The van der Waals surface area contributed by atoms with Gasteiger partial charge in [-0.25, -0.2) is 4.79 Å². The highest BCUT2D eigenvalue weighted by Crippen LogP contribution is 2.33. The standard InChI is InChI=1S/C20H23N3O4/c1-13-3-5-14(6-4-13)16(9-10-24)22-20(26)21-15-7-8-18-17(11-15)23(2)19(25)12-27-18/h3-8,11,16,24H,9-10,12H2,1-2H3,(H2,21,22,26). The van der Waals surface area contributed by atoms with Gasteiger partial charge in [-0.3, -0.25) is 4.79 Å². The van der Waals surface area contributed by atoms with Gasteiger partial charge in [-0.05, 0) is 37.1 Å². The smallest absolute Gasteiger partial charge is 0.319 e. The number of amides is 3. The number of nitrogens with one attached hydrogen (secondary N) is 2. The van der Waals surface area contributed by atoms with Gasteiger partial charge in [0.1, 0.15) is 5.75 Å². The molecule has 7 nitrogen and oxygen atoms in total. The summed E-state index contributed by atoms with van der Waals surface area (Å²) >= 11 is 0. The Hall–Kier alpha value is -3.06. The van der Waals surface area contributed by atoms with Crippen LogP contribution in [0.2, 0.25) is 0 Å². The van der Waals surface area contributed by atoms with Crippen molar-refractivity contribution in [1.82, 2.24) is 5.32 Å². The number of benzene rings is 2. The molecule has 142 valence electrons. The van der Waals surface area contributed by atoms with E-state index in [9.17, 15) is 14.7 Å². The van der Waals surface area contributed by atoms with E-state index in [0.29, 0.717) is 23.5 Å². The van der Waals surface area contributed by atoms with Crippen LogP contribution in [0.1, 0.15) is 23.6 Å². The van der Waals surface area contributed by atoms with Crippen molar-refractivity contribution in [2.24, 2.45) is 0 Å². The number of urea groups is 1. The maximum atomic E-state index is 12.4. The first kappa shape index (κ1) is 18.7. The molecule has 0 fully saturated rings. The van der Waals surface area contributed by atoms with Gasteiger partial charge in [-0.1, -0.05) is 29.8 Å². The zero-order valence-electron chi connectivity index (χ0n) is 15.4. The Morgan fingerprint density at radius 3 is 2.70 bits per heavy atom. The lowest BCUT2D eigenvalue weighted by atomic mass is 10.0. The van der Waals surface area contributed by atoms with Gasteiger partial charge in [0.15, 0.2) is 6.61 Å². The van der Waals surface area contributed by atoms with E-state index >= 15 is 0 Å². The summed E-state index contributed by atoms with van der Waals surface area (Å²) in [6.07, 6.45) is 0.408. The number of fused-ring (bicyclic) bond motifs is 1. The Labute approximate surface area is 157 Å². The van der Waals surface area contributed by atoms with Crippen LogP contribution in [0, 0.1) is 6.92 Å². The van der Waals surface area contributed by atoms with Gasteiger partial charge in [0.05, 0.1) is 11.7 Å². The van der Waals surface area contributed by atoms with Gasteiger partial charge >= 0.3 is 6.03 Å². The Balaban J connectivity index is 1.71. The van der Waals surface area contributed by atoms with Crippen LogP contribution >= 0.6 is 0 Å². The molecule has 0 saturated carbocycles. The third-order valence-corrected chi connectivity index (χ3v) is 4.51. The van der Waals surface area contributed by atoms with E-state index in [-0.39, 0.29) is 31.2 Å². The summed E-state index contributed by atoms with van der Waals surface area (Å²) in [4.78, 5) is 25.7. The third-order valence-electron chi connectivity index (χ3n) is 4.51. The second kappa shape index (κ2) is 8.09. The molecule has 2 aromatic rings. The number of anilines is 2. The highest BCUT2D eigenvalue weighted by Gasteiger charge is 2.23. The van der Waals surface area contributed by atoms with Crippen LogP contribution in [0.15, 0.2) is 42.5 Å². The monoisotopic (exact) mass is 369 g/mol. The third kappa shape index (κ3) is 4.38. The maximum Gasteiger partial charge on any atom is 0.319 e. The van der Waals surface area contributed by atoms with E-state index in [2.05, 4.69) is 10.6 Å². The highest BCUT2D eigenvalue weighted by atomic mass is 16.5. The molecule has 7 heteroatoms. The van der Waals surface area contributed by atoms with Crippen molar-refractivity contribution in [2.75, 3.05) is 30.5 Å². The van der Waals surface area contributed by atoms with Crippen molar-refractivity contribution in [1.29, 1.82) is 0 Å². The largest absolute Gasteiger partial charge is 0.482 e. The minimum absolute atomic E-state index is 0.0101. The molecule has 0 saturated heterocycles. The number of aliphatic hydroxyl groups excluding tert-OH is 1. The minimum Gasteiger partial charge on any atom is -0.482 e. The molecule has 3 amide bonds. The fourth-order valence-corrected chi connectivity index (χ4v) is 2.93. The summed E-state index contributed by atoms with van der Waals surface area (Å²) in [6, 6.07) is 12.2. The number of carbonyl (C=O) groups is 2. The van der Waals surface area contributed by atoms with Crippen molar-refractivity contribution >= 4 is 23.3 Å². The van der Waals surface area contributed by atoms with E-state index in [1.54, 1.807) is 25.2 Å². The molecular formula is C20H23N3O4. The number of hydrogen-bond acceptors (Lipinski definition) is 4. The van der Waals surface area contributed by atoms with Crippen molar-refractivity contribution in [3.63, 3.8) is 0 Å². The average molecular weight is 369 g/mol. The molecule has 1 heterocycles. The zero-order valence-corrected chi connectivity index (χ0v) is 15.4. The van der Waals surface area contributed by atoms with Crippen LogP contribution in [-0.2, 0) is 4.79 Å². The van der Waals surface area contributed by atoms with E-state index in [0.717, 1.165) is 11.1 Å². The van der Waals surface area contributed by atoms with E-state index in [1.807, 2.05) is 31.2 Å². The fourth-order valence-electron chi connectivity index (χ4n) is 2.93. The normalized spacial score (nSPS) is 14.2. The fraction of sp³-hybridized carbons (Fsp3) is 0.300. The zero-order chi connectivity index (χ0) is 19.4. The molecule has 2 aromatic carbocycles. The summed E-state index contributed by atoms with van der Waals surface area (Å²) in [5.41, 5.74) is 3.20. The van der Waals surface area contributed by atoms with Gasteiger partial charge in [0, 0.05) is 19.3 Å². The SMILES string of the molecule is Cc1ccc(C(CCO)NC(=O)Nc2ccc3c(c2)N(C)C(=O)CO3)cc1. The van der Waals surface area contributed by atoms with Crippen molar-refractivity contribution in [3.05, 3.63) is 53.6 Å². The summed E-state index contributed by atoms with van der Waals surface area (Å²) in [7, 11) is 1.67. The molecule has 27 heavy (non-hydrogen) atoms. The number of aryl methyl sites for hydroxylation is 1. The van der Waals surface area contributed by atoms with Gasteiger partial charge in [-0.2, -0.15) is 0 Å². The molecule has 0 aliphatic carbocycles. The lowest BCUT2D eigenvalue weighted by Crippen LogP contribution is -2.36. The Morgan fingerprint density at radius 1 is 1.26 bits per heavy atom. The molecule has 3 rings (SSSR count). The molecule has 0 bridgehead atoms. The number of rotatable bonds is 5. The van der Waals surface area contributed by atoms with Crippen molar-refractivity contribution in [2.45, 2.75) is 19.4 Å². The van der Waals surface area contributed by atoms with E-state index in [4.69, 9.17) is 4.74 Å². The Kier molecular flexibility index (Phi) is 5.61. The molecule has 1 atom stereocenters. The highest BCUT2D eigenvalue weighted by molar-refractivity contribution is 5.99. The molecule has 0 aromatic heterocycles. The van der Waals surface area contributed by atoms with Crippen LogP contribution in [0.3, 0.4) is 0 Å². The van der Waals surface area contributed by atoms with Crippen LogP contribution in [-0.4, -0.2) is 37.3 Å². The first-order valence-electron chi connectivity index (χ1n) is 8.76. The van der Waals surface area contributed by atoms with Gasteiger partial charge in [-0.15, -0.1) is 0 Å². The van der Waals surface area contributed by atoms with Crippen LogP contribution in [0.25, 0.3) is 0 Å². The number of aliphatic hydroxyl groups is 1. The predicted molar refractivity (Wildman–Crippen MR) is 103 cm³/mol. The predicted octanol–water partition coefficient (Wildman–Crippen LogP) is 2.60. The molecule has 1 unspecified atom stereocenters. The summed E-state index contributed by atoms with van der Waals surface area (Å²) < 4.78 is 5.38. The maximum absolute atomic E-state index is 12.4. The lowest BCUT2D eigenvalue weighted by Gasteiger charge is -2.26. The van der Waals surface area contributed by atoms with Gasteiger partial charge in [0.2, 0.25) is 0 Å². The Bertz CT molecular complexity index is 836. The van der Waals surface area contributed by atoms with Crippen molar-refractivity contribution < 1.29 is 19.4 Å². The summed E-state index contributed by atoms with van der Waals surface area (Å²) in [5, 5.41) is 15.0. The van der Waals surface area contributed by atoms with Gasteiger partial charge < -0.3 is 25.4 Å². The molecule has 0 radical (unpaired) electrons. The molecule has 1 aliphatic heterocycles. The molecule has 1 aliphatic rings. The van der Waals surface area contributed by atoms with Crippen LogP contribution in [0.5, 0.6) is 5.75 Å². The van der Waals surface area contributed by atoms with Crippen LogP contribution in [0.4, 0.5) is 16.2 Å². The second-order valence-electron chi connectivity index (χ2n) is 6.50. The van der Waals surface area contributed by atoms with E-state index in [1.165, 1.54) is 4.90 Å². The summed E-state index contributed by atoms with van der Waals surface area (Å²) in [5.74, 6) is 0.451. The number of nitrogens with zero attached hydrogens (tertiary/aromatic N) is 1. The minimum atomic E-state index is -0.389. The molecule has 0 spiro atoms. The van der Waals surface area contributed by atoms with Crippen molar-refractivity contribution in [3.8, 4) is 5.75 Å². The number of ether oxygens (including phenoxy) is 1. The topological polar surface area (TPSA) is 90.9 Å². The Morgan fingerprint density at radius 2 is 2.00 bits per heavy atom. The summed E-state index contributed by atoms with van der Waals surface area (Å²) in [6.45, 7) is 1.96. The van der Waals surface area contributed by atoms with Gasteiger partial charge in [0.25, 0.3) is 5.91 Å². The first-order chi connectivity index (χ1) is 13.0. The average Bonchev–Trinajstić information content (AvgIpc) is 2.65. The number of carbonyl (C=O) groups excluding carboxylic acids is 2. The lowest BCUT2D eigenvalue weighted by molar-refractivity contribution is -0.120. The number of likely N-dealkylation sites (N-methyl/N-ethyl adjacent to an activating group) is 1. The van der Waals surface area contributed by atoms with E-state index < -0.39 is 0 Å². The number of hydrogen-bond donors (Lipinski definition) is 3. The molecule has 3 N–H and O–H groups in total. The van der Waals surface area contributed by atoms with Crippen LogP contribution < -0.4 is 20.3 Å².